The van der Waals surface area contributed by atoms with Crippen LogP contribution >= 0.6 is 0 Å². The molecule has 0 spiro atoms. The lowest BCUT2D eigenvalue weighted by Gasteiger charge is -2.19. The third-order valence-corrected chi connectivity index (χ3v) is 1.85. The molecular formula is C8H15N3O2. The second kappa shape index (κ2) is 4.69. The Morgan fingerprint density at radius 1 is 1.85 bits per heavy atom. The summed E-state index contributed by atoms with van der Waals surface area (Å²) in [4.78, 5) is 15.1. The maximum absolute atomic E-state index is 11.1. The Kier molecular flexibility index (Phi) is 3.54. The zero-order chi connectivity index (χ0) is 9.68. The van der Waals surface area contributed by atoms with Gasteiger partial charge in [-0.2, -0.15) is 0 Å². The van der Waals surface area contributed by atoms with Crippen molar-refractivity contribution < 1.29 is 9.53 Å². The molecule has 3 N–H and O–H groups in total. The lowest BCUT2D eigenvalue weighted by atomic mass is 10.1. The first-order valence-electron chi connectivity index (χ1n) is 4.41. The van der Waals surface area contributed by atoms with E-state index in [-0.39, 0.29) is 11.9 Å². The van der Waals surface area contributed by atoms with Gasteiger partial charge in [0.05, 0.1) is 13.0 Å². The van der Waals surface area contributed by atoms with Gasteiger partial charge in [-0.15, -0.1) is 0 Å². The van der Waals surface area contributed by atoms with Crippen molar-refractivity contribution in [3.63, 3.8) is 0 Å². The molecule has 0 aromatic carbocycles. The number of carbonyl (C=O) groups excluding carboxylic acids is 1. The highest BCUT2D eigenvalue weighted by atomic mass is 16.5. The predicted molar refractivity (Wildman–Crippen MR) is 49.2 cm³/mol. The summed E-state index contributed by atoms with van der Waals surface area (Å²) in [6, 6.07) is 0. The molecule has 0 aromatic rings. The van der Waals surface area contributed by atoms with Crippen LogP contribution in [0.4, 0.5) is 0 Å². The Morgan fingerprint density at radius 3 is 3.15 bits per heavy atom. The summed E-state index contributed by atoms with van der Waals surface area (Å²) in [5, 5.41) is 2.90. The van der Waals surface area contributed by atoms with Crippen molar-refractivity contribution in [2.24, 2.45) is 16.6 Å². The van der Waals surface area contributed by atoms with Crippen LogP contribution in [0, 0.1) is 5.92 Å². The van der Waals surface area contributed by atoms with Crippen LogP contribution in [0.3, 0.4) is 0 Å². The van der Waals surface area contributed by atoms with Crippen LogP contribution in [0.15, 0.2) is 4.99 Å². The molecule has 0 saturated heterocycles. The molecule has 1 aliphatic rings. The summed E-state index contributed by atoms with van der Waals surface area (Å²) in [6.07, 6.45) is 0.414. The molecule has 0 bridgehead atoms. The van der Waals surface area contributed by atoms with Crippen molar-refractivity contribution in [1.29, 1.82) is 0 Å². The number of nitrogens with two attached hydrogens (primary N) is 1. The van der Waals surface area contributed by atoms with Crippen LogP contribution in [0.1, 0.15) is 13.3 Å². The molecule has 1 heterocycles. The minimum atomic E-state index is -0.162. The third-order valence-electron chi connectivity index (χ3n) is 1.85. The van der Waals surface area contributed by atoms with E-state index in [0.717, 1.165) is 0 Å². The Balaban J connectivity index is 2.27. The Hall–Kier alpha value is -1.26. The summed E-state index contributed by atoms with van der Waals surface area (Å²) in [5.41, 5.74) is 5.41. The van der Waals surface area contributed by atoms with E-state index in [1.807, 2.05) is 0 Å². The highest BCUT2D eigenvalue weighted by Gasteiger charge is 2.17. The summed E-state index contributed by atoms with van der Waals surface area (Å²) < 4.78 is 4.83. The fraction of sp³-hybridized carbons (Fsp3) is 0.750. The van der Waals surface area contributed by atoms with Gasteiger partial charge >= 0.3 is 5.97 Å². The van der Waals surface area contributed by atoms with E-state index in [1.54, 1.807) is 6.92 Å². The molecule has 74 valence electrons. The fourth-order valence-corrected chi connectivity index (χ4v) is 1.19. The lowest BCUT2D eigenvalue weighted by Crippen LogP contribution is -2.41. The normalized spacial score (nSPS) is 21.6. The van der Waals surface area contributed by atoms with Gasteiger partial charge in [0, 0.05) is 19.0 Å². The highest BCUT2D eigenvalue weighted by Crippen LogP contribution is 2.06. The lowest BCUT2D eigenvalue weighted by molar-refractivity contribution is -0.144. The van der Waals surface area contributed by atoms with E-state index in [9.17, 15) is 4.79 Å². The van der Waals surface area contributed by atoms with Crippen LogP contribution in [0.25, 0.3) is 0 Å². The summed E-state index contributed by atoms with van der Waals surface area (Å²) in [7, 11) is 0. The van der Waals surface area contributed by atoms with Crippen LogP contribution in [-0.2, 0) is 9.53 Å². The number of carbonyl (C=O) groups is 1. The standard InChI is InChI=1S/C8H15N3O2/c1-2-13-7(12)3-6-4-10-8(9)11-5-6/h6H,2-5H2,1H3,(H3,9,10,11). The summed E-state index contributed by atoms with van der Waals surface area (Å²) in [6.45, 7) is 3.54. The first kappa shape index (κ1) is 9.83. The van der Waals surface area contributed by atoms with E-state index in [1.165, 1.54) is 0 Å². The molecule has 0 amide bonds. The van der Waals surface area contributed by atoms with Crippen molar-refractivity contribution in [3.05, 3.63) is 0 Å². The number of hydrogen-bond acceptors (Lipinski definition) is 5. The molecule has 5 heteroatoms. The molecule has 1 rings (SSSR count). The second-order valence-electron chi connectivity index (χ2n) is 2.98. The zero-order valence-electron chi connectivity index (χ0n) is 7.75. The van der Waals surface area contributed by atoms with Crippen molar-refractivity contribution in [2.45, 2.75) is 13.3 Å². The van der Waals surface area contributed by atoms with Crippen LogP contribution < -0.4 is 11.1 Å². The fourth-order valence-electron chi connectivity index (χ4n) is 1.19. The first-order valence-corrected chi connectivity index (χ1v) is 4.41. The number of ether oxygens (including phenoxy) is 1. The van der Waals surface area contributed by atoms with Gasteiger partial charge in [0.25, 0.3) is 0 Å². The molecule has 0 fully saturated rings. The van der Waals surface area contributed by atoms with Gasteiger partial charge in [0.2, 0.25) is 0 Å². The molecule has 0 radical (unpaired) electrons. The van der Waals surface area contributed by atoms with E-state index < -0.39 is 0 Å². The average molecular weight is 185 g/mol. The van der Waals surface area contributed by atoms with Gasteiger partial charge in [-0.1, -0.05) is 0 Å². The molecule has 1 unspecified atom stereocenters. The van der Waals surface area contributed by atoms with E-state index in [0.29, 0.717) is 32.1 Å². The number of rotatable bonds is 3. The molecule has 0 saturated carbocycles. The summed E-state index contributed by atoms with van der Waals surface area (Å²) >= 11 is 0. The molecule has 5 nitrogen and oxygen atoms in total. The van der Waals surface area contributed by atoms with Gasteiger partial charge in [0.15, 0.2) is 5.96 Å². The maximum atomic E-state index is 11.1. The number of hydrogen-bond donors (Lipinski definition) is 2. The highest BCUT2D eigenvalue weighted by molar-refractivity contribution is 5.78. The van der Waals surface area contributed by atoms with Crippen LogP contribution in [0.2, 0.25) is 0 Å². The van der Waals surface area contributed by atoms with Crippen molar-refractivity contribution in [2.75, 3.05) is 19.7 Å². The van der Waals surface area contributed by atoms with Gasteiger partial charge in [-0.25, -0.2) is 0 Å². The van der Waals surface area contributed by atoms with Gasteiger partial charge in [-0.05, 0) is 6.92 Å². The van der Waals surface area contributed by atoms with E-state index >= 15 is 0 Å². The minimum absolute atomic E-state index is 0.162. The quantitative estimate of drug-likeness (QED) is 0.580. The van der Waals surface area contributed by atoms with Crippen molar-refractivity contribution in [3.8, 4) is 0 Å². The second-order valence-corrected chi connectivity index (χ2v) is 2.98. The SMILES string of the molecule is CCOC(=O)CC1CN=C(N)NC1. The Labute approximate surface area is 77.3 Å². The molecule has 0 aromatic heterocycles. The molecule has 1 atom stereocenters. The number of guanidine groups is 1. The van der Waals surface area contributed by atoms with Gasteiger partial charge in [-0.3, -0.25) is 9.79 Å². The van der Waals surface area contributed by atoms with Gasteiger partial charge < -0.3 is 15.8 Å². The number of aliphatic imine (C=N–C) groups is 1. The molecular weight excluding hydrogens is 170 g/mol. The zero-order valence-corrected chi connectivity index (χ0v) is 7.75. The van der Waals surface area contributed by atoms with Crippen molar-refractivity contribution in [1.82, 2.24) is 5.32 Å². The van der Waals surface area contributed by atoms with E-state index in [2.05, 4.69) is 10.3 Å². The number of nitrogens with one attached hydrogen (secondary N) is 1. The molecule has 0 aliphatic carbocycles. The Bertz CT molecular complexity index is 215. The minimum Gasteiger partial charge on any atom is -0.466 e. The first-order chi connectivity index (χ1) is 6.22. The maximum Gasteiger partial charge on any atom is 0.306 e. The third kappa shape index (κ3) is 3.31. The topological polar surface area (TPSA) is 76.7 Å². The monoisotopic (exact) mass is 185 g/mol. The van der Waals surface area contributed by atoms with Crippen LogP contribution in [0.5, 0.6) is 0 Å². The summed E-state index contributed by atoms with van der Waals surface area (Å²) in [5.74, 6) is 0.511. The molecule has 13 heavy (non-hydrogen) atoms. The largest absolute Gasteiger partial charge is 0.466 e. The van der Waals surface area contributed by atoms with E-state index in [4.69, 9.17) is 10.5 Å². The average Bonchev–Trinajstić information content (AvgIpc) is 2.09. The number of nitrogens with zero attached hydrogens (tertiary/aromatic N) is 1. The predicted octanol–water partition coefficient (Wildman–Crippen LogP) is -0.526. The molecule has 1 aliphatic heterocycles. The van der Waals surface area contributed by atoms with Crippen molar-refractivity contribution >= 4 is 11.9 Å². The number of esters is 1. The smallest absolute Gasteiger partial charge is 0.306 e. The van der Waals surface area contributed by atoms with Crippen LogP contribution in [-0.4, -0.2) is 31.6 Å². The van der Waals surface area contributed by atoms with Gasteiger partial charge in [0.1, 0.15) is 0 Å². The Morgan fingerprint density at radius 2 is 2.62 bits per heavy atom.